The third-order valence-electron chi connectivity index (χ3n) is 3.21. The molecule has 2 rings (SSSR count). The maximum atomic E-state index is 5.95. The number of anilines is 1. The molecule has 0 saturated heterocycles. The molecule has 0 unspecified atom stereocenters. The lowest BCUT2D eigenvalue weighted by Gasteiger charge is -2.22. The van der Waals surface area contributed by atoms with Gasteiger partial charge in [0.1, 0.15) is 12.4 Å². The first-order valence-electron chi connectivity index (χ1n) is 7.18. The van der Waals surface area contributed by atoms with Crippen molar-refractivity contribution in [2.24, 2.45) is 0 Å². The van der Waals surface area contributed by atoms with Gasteiger partial charge in [0, 0.05) is 17.3 Å². The van der Waals surface area contributed by atoms with E-state index in [2.05, 4.69) is 38.2 Å². The van der Waals surface area contributed by atoms with Gasteiger partial charge in [-0.05, 0) is 35.2 Å². The van der Waals surface area contributed by atoms with Crippen molar-refractivity contribution in [1.29, 1.82) is 0 Å². The van der Waals surface area contributed by atoms with Crippen LogP contribution in [0.1, 0.15) is 26.3 Å². The summed E-state index contributed by atoms with van der Waals surface area (Å²) in [4.78, 5) is 0. The van der Waals surface area contributed by atoms with Crippen LogP contribution in [-0.2, 0) is 5.41 Å². The highest BCUT2D eigenvalue weighted by Crippen LogP contribution is 2.30. The average Bonchev–Trinajstić information content (AvgIpc) is 2.43. The lowest BCUT2D eigenvalue weighted by molar-refractivity contribution is 0.323. The standard InChI is InChI=1S/C18H22ClNO/c1-18(2,3)16-9-4-5-10-17(16)21-12-11-20-15-8-6-7-14(19)13-15/h4-10,13,20H,11-12H2,1-3H3. The van der Waals surface area contributed by atoms with Crippen LogP contribution in [0.15, 0.2) is 48.5 Å². The quantitative estimate of drug-likeness (QED) is 0.773. The number of benzene rings is 2. The zero-order valence-electron chi connectivity index (χ0n) is 12.8. The molecule has 0 bridgehead atoms. The number of ether oxygens (including phenoxy) is 1. The Balaban J connectivity index is 1.90. The highest BCUT2D eigenvalue weighted by molar-refractivity contribution is 6.30. The van der Waals surface area contributed by atoms with E-state index in [1.807, 2.05) is 36.4 Å². The van der Waals surface area contributed by atoms with Gasteiger partial charge in [-0.15, -0.1) is 0 Å². The van der Waals surface area contributed by atoms with E-state index in [4.69, 9.17) is 16.3 Å². The highest BCUT2D eigenvalue weighted by atomic mass is 35.5. The molecule has 0 aliphatic heterocycles. The van der Waals surface area contributed by atoms with Crippen LogP contribution in [0, 0.1) is 0 Å². The minimum Gasteiger partial charge on any atom is -0.491 e. The summed E-state index contributed by atoms with van der Waals surface area (Å²) in [5, 5.41) is 4.04. The van der Waals surface area contributed by atoms with Gasteiger partial charge < -0.3 is 10.1 Å². The zero-order chi connectivity index (χ0) is 15.3. The van der Waals surface area contributed by atoms with E-state index in [9.17, 15) is 0 Å². The van der Waals surface area contributed by atoms with Gasteiger partial charge in [-0.1, -0.05) is 56.6 Å². The molecule has 0 aliphatic rings. The second-order valence-electron chi connectivity index (χ2n) is 6.03. The molecule has 0 spiro atoms. The van der Waals surface area contributed by atoms with Crippen LogP contribution in [-0.4, -0.2) is 13.2 Å². The number of hydrogen-bond acceptors (Lipinski definition) is 2. The van der Waals surface area contributed by atoms with Crippen molar-refractivity contribution in [2.45, 2.75) is 26.2 Å². The van der Waals surface area contributed by atoms with Crippen LogP contribution < -0.4 is 10.1 Å². The SMILES string of the molecule is CC(C)(C)c1ccccc1OCCNc1cccc(Cl)c1. The topological polar surface area (TPSA) is 21.3 Å². The number of rotatable bonds is 5. The van der Waals surface area contributed by atoms with Gasteiger partial charge in [0.2, 0.25) is 0 Å². The highest BCUT2D eigenvalue weighted by Gasteiger charge is 2.18. The molecule has 2 aromatic rings. The summed E-state index contributed by atoms with van der Waals surface area (Å²) >= 11 is 5.95. The fourth-order valence-electron chi connectivity index (χ4n) is 2.17. The smallest absolute Gasteiger partial charge is 0.123 e. The molecule has 2 aromatic carbocycles. The first-order chi connectivity index (χ1) is 9.97. The van der Waals surface area contributed by atoms with Crippen LogP contribution in [0.5, 0.6) is 5.75 Å². The number of halogens is 1. The van der Waals surface area contributed by atoms with Crippen molar-refractivity contribution in [1.82, 2.24) is 0 Å². The molecule has 0 radical (unpaired) electrons. The molecule has 0 amide bonds. The zero-order valence-corrected chi connectivity index (χ0v) is 13.6. The predicted molar refractivity (Wildman–Crippen MR) is 90.6 cm³/mol. The van der Waals surface area contributed by atoms with E-state index in [1.165, 1.54) is 5.56 Å². The molecule has 0 atom stereocenters. The van der Waals surface area contributed by atoms with Crippen LogP contribution >= 0.6 is 11.6 Å². The lowest BCUT2D eigenvalue weighted by atomic mass is 9.86. The Hall–Kier alpha value is -1.67. The molecule has 0 heterocycles. The predicted octanol–water partition coefficient (Wildman–Crippen LogP) is 5.13. The summed E-state index contributed by atoms with van der Waals surface area (Å²) in [6.07, 6.45) is 0. The minimum atomic E-state index is 0.0803. The van der Waals surface area contributed by atoms with E-state index in [0.29, 0.717) is 6.61 Å². The third-order valence-corrected chi connectivity index (χ3v) is 3.44. The van der Waals surface area contributed by atoms with Gasteiger partial charge in [-0.3, -0.25) is 0 Å². The van der Waals surface area contributed by atoms with Gasteiger partial charge in [-0.2, -0.15) is 0 Å². The molecule has 0 saturated carbocycles. The second-order valence-corrected chi connectivity index (χ2v) is 6.47. The normalized spacial score (nSPS) is 11.2. The summed E-state index contributed by atoms with van der Waals surface area (Å²) in [6, 6.07) is 15.9. The summed E-state index contributed by atoms with van der Waals surface area (Å²) < 4.78 is 5.92. The van der Waals surface area contributed by atoms with Crippen molar-refractivity contribution < 1.29 is 4.74 Å². The minimum absolute atomic E-state index is 0.0803. The maximum absolute atomic E-state index is 5.95. The maximum Gasteiger partial charge on any atom is 0.123 e. The third kappa shape index (κ3) is 4.68. The first kappa shape index (κ1) is 15.7. The lowest BCUT2D eigenvalue weighted by Crippen LogP contribution is -2.16. The van der Waals surface area contributed by atoms with Crippen molar-refractivity contribution in [3.63, 3.8) is 0 Å². The Morgan fingerprint density at radius 2 is 1.81 bits per heavy atom. The average molecular weight is 304 g/mol. The molecule has 112 valence electrons. The van der Waals surface area contributed by atoms with E-state index >= 15 is 0 Å². The van der Waals surface area contributed by atoms with Crippen molar-refractivity contribution in [3.8, 4) is 5.75 Å². The van der Waals surface area contributed by atoms with Crippen molar-refractivity contribution in [3.05, 3.63) is 59.1 Å². The largest absolute Gasteiger partial charge is 0.491 e. The van der Waals surface area contributed by atoms with Crippen LogP contribution in [0.25, 0.3) is 0 Å². The van der Waals surface area contributed by atoms with Crippen molar-refractivity contribution in [2.75, 3.05) is 18.5 Å². The van der Waals surface area contributed by atoms with E-state index in [1.54, 1.807) is 0 Å². The second kappa shape index (κ2) is 6.86. The van der Waals surface area contributed by atoms with Crippen LogP contribution in [0.3, 0.4) is 0 Å². The number of hydrogen-bond donors (Lipinski definition) is 1. The monoisotopic (exact) mass is 303 g/mol. The fraction of sp³-hybridized carbons (Fsp3) is 0.333. The Kier molecular flexibility index (Phi) is 5.13. The van der Waals surface area contributed by atoms with Crippen LogP contribution in [0.4, 0.5) is 5.69 Å². The van der Waals surface area contributed by atoms with Gasteiger partial charge in [0.15, 0.2) is 0 Å². The van der Waals surface area contributed by atoms with E-state index in [0.717, 1.165) is 23.0 Å². The molecule has 0 fully saturated rings. The first-order valence-corrected chi connectivity index (χ1v) is 7.56. The van der Waals surface area contributed by atoms with Gasteiger partial charge in [0.05, 0.1) is 0 Å². The Bertz CT molecular complexity index is 590. The Morgan fingerprint density at radius 3 is 2.52 bits per heavy atom. The fourth-order valence-corrected chi connectivity index (χ4v) is 2.36. The molecule has 2 nitrogen and oxygen atoms in total. The Labute approximate surface area is 132 Å². The summed E-state index contributed by atoms with van der Waals surface area (Å²) in [5.74, 6) is 0.956. The summed E-state index contributed by atoms with van der Waals surface area (Å²) in [6.45, 7) is 7.93. The Morgan fingerprint density at radius 1 is 1.05 bits per heavy atom. The van der Waals surface area contributed by atoms with Gasteiger partial charge in [0.25, 0.3) is 0 Å². The molecule has 1 N–H and O–H groups in total. The van der Waals surface area contributed by atoms with E-state index < -0.39 is 0 Å². The molecule has 0 aliphatic carbocycles. The summed E-state index contributed by atoms with van der Waals surface area (Å²) in [5.41, 5.74) is 2.32. The van der Waals surface area contributed by atoms with Gasteiger partial charge >= 0.3 is 0 Å². The molecule has 21 heavy (non-hydrogen) atoms. The number of para-hydroxylation sites is 1. The summed E-state index contributed by atoms with van der Waals surface area (Å²) in [7, 11) is 0. The molecule has 3 heteroatoms. The van der Waals surface area contributed by atoms with E-state index in [-0.39, 0.29) is 5.41 Å². The molecular formula is C18H22ClNO. The number of nitrogens with one attached hydrogen (secondary N) is 1. The molecular weight excluding hydrogens is 282 g/mol. The van der Waals surface area contributed by atoms with Gasteiger partial charge in [-0.25, -0.2) is 0 Å². The van der Waals surface area contributed by atoms with Crippen molar-refractivity contribution >= 4 is 17.3 Å². The molecule has 0 aromatic heterocycles. The van der Waals surface area contributed by atoms with Crippen LogP contribution in [0.2, 0.25) is 5.02 Å².